The summed E-state index contributed by atoms with van der Waals surface area (Å²) in [5, 5.41) is 9.07. The highest BCUT2D eigenvalue weighted by Gasteiger charge is 2.03. The zero-order valence-electron chi connectivity index (χ0n) is 9.96. The van der Waals surface area contributed by atoms with Gasteiger partial charge in [0.05, 0.1) is 6.10 Å². The van der Waals surface area contributed by atoms with E-state index in [1.54, 1.807) is 0 Å². The molecule has 1 aliphatic carbocycles. The highest BCUT2D eigenvalue weighted by Crippen LogP contribution is 2.14. The molecule has 0 fully saturated rings. The van der Waals surface area contributed by atoms with Gasteiger partial charge in [-0.05, 0) is 31.3 Å². The highest BCUT2D eigenvalue weighted by atomic mass is 16.3. The Morgan fingerprint density at radius 3 is 2.14 bits per heavy atom. The molecule has 0 radical (unpaired) electrons. The standard InChI is InChI=1S/C8H12O.C5H12/c1-7(9)8-5-3-2-4-6-8;1-4-5(2)3/h2-3,5,7,9H,4,6H2,1H3;5H,4H2,1-3H3. The molecule has 0 heterocycles. The van der Waals surface area contributed by atoms with Crippen LogP contribution in [-0.2, 0) is 0 Å². The summed E-state index contributed by atoms with van der Waals surface area (Å²) in [6, 6.07) is 0. The molecule has 82 valence electrons. The molecule has 0 bridgehead atoms. The summed E-state index contributed by atoms with van der Waals surface area (Å²) in [5.41, 5.74) is 1.15. The van der Waals surface area contributed by atoms with E-state index in [2.05, 4.69) is 26.8 Å². The predicted molar refractivity (Wildman–Crippen MR) is 63.3 cm³/mol. The van der Waals surface area contributed by atoms with Gasteiger partial charge in [-0.15, -0.1) is 0 Å². The maximum atomic E-state index is 9.07. The van der Waals surface area contributed by atoms with Crippen LogP contribution in [0.2, 0.25) is 0 Å². The minimum atomic E-state index is -0.255. The third-order valence-electron chi connectivity index (χ3n) is 2.40. The van der Waals surface area contributed by atoms with E-state index in [4.69, 9.17) is 5.11 Å². The Labute approximate surface area is 88.5 Å². The van der Waals surface area contributed by atoms with Crippen LogP contribution in [0.25, 0.3) is 0 Å². The fraction of sp³-hybridized carbons (Fsp3) is 0.692. The summed E-state index contributed by atoms with van der Waals surface area (Å²) in [4.78, 5) is 0. The van der Waals surface area contributed by atoms with E-state index in [1.807, 2.05) is 19.1 Å². The van der Waals surface area contributed by atoms with Gasteiger partial charge in [0.2, 0.25) is 0 Å². The first-order valence-corrected chi connectivity index (χ1v) is 5.61. The number of aliphatic hydroxyl groups is 1. The zero-order valence-corrected chi connectivity index (χ0v) is 9.96. The molecular formula is C13H24O. The molecule has 0 spiro atoms. The van der Waals surface area contributed by atoms with Crippen molar-refractivity contribution < 1.29 is 5.11 Å². The summed E-state index contributed by atoms with van der Waals surface area (Å²) in [7, 11) is 0. The Morgan fingerprint density at radius 1 is 1.36 bits per heavy atom. The molecule has 0 aromatic rings. The van der Waals surface area contributed by atoms with Crippen LogP contribution in [0.4, 0.5) is 0 Å². The van der Waals surface area contributed by atoms with Gasteiger partial charge in [-0.2, -0.15) is 0 Å². The van der Waals surface area contributed by atoms with Crippen molar-refractivity contribution in [1.82, 2.24) is 0 Å². The molecule has 0 saturated heterocycles. The molecule has 0 saturated carbocycles. The van der Waals surface area contributed by atoms with Crippen LogP contribution in [0.15, 0.2) is 23.8 Å². The van der Waals surface area contributed by atoms with Gasteiger partial charge in [0.1, 0.15) is 0 Å². The van der Waals surface area contributed by atoms with Crippen LogP contribution >= 0.6 is 0 Å². The molecule has 1 unspecified atom stereocenters. The van der Waals surface area contributed by atoms with Crippen molar-refractivity contribution in [3.63, 3.8) is 0 Å². The van der Waals surface area contributed by atoms with Crippen molar-refractivity contribution in [3.05, 3.63) is 23.8 Å². The first kappa shape index (κ1) is 13.4. The smallest absolute Gasteiger partial charge is 0.0725 e. The van der Waals surface area contributed by atoms with Crippen molar-refractivity contribution in [2.75, 3.05) is 0 Å². The monoisotopic (exact) mass is 196 g/mol. The lowest BCUT2D eigenvalue weighted by Crippen LogP contribution is -2.05. The van der Waals surface area contributed by atoms with Gasteiger partial charge < -0.3 is 5.11 Å². The van der Waals surface area contributed by atoms with Crippen molar-refractivity contribution in [1.29, 1.82) is 0 Å². The van der Waals surface area contributed by atoms with Gasteiger partial charge in [0, 0.05) is 0 Å². The molecule has 0 amide bonds. The molecule has 1 heteroatoms. The van der Waals surface area contributed by atoms with E-state index in [0.29, 0.717) is 0 Å². The molecule has 1 rings (SSSR count). The summed E-state index contributed by atoms with van der Waals surface area (Å²) in [5.74, 6) is 0.884. The van der Waals surface area contributed by atoms with Gasteiger partial charge in [-0.1, -0.05) is 45.4 Å². The Hall–Kier alpha value is -0.560. The first-order chi connectivity index (χ1) is 6.57. The SMILES string of the molecule is CC(O)C1=CC=CCC1.CCC(C)C. The molecular weight excluding hydrogens is 172 g/mol. The minimum Gasteiger partial charge on any atom is -0.389 e. The van der Waals surface area contributed by atoms with E-state index >= 15 is 0 Å². The molecule has 0 aliphatic heterocycles. The lowest BCUT2D eigenvalue weighted by molar-refractivity contribution is 0.227. The quantitative estimate of drug-likeness (QED) is 0.714. The zero-order chi connectivity index (χ0) is 11.0. The van der Waals surface area contributed by atoms with E-state index < -0.39 is 0 Å². The third kappa shape index (κ3) is 6.90. The number of rotatable bonds is 2. The Bertz CT molecular complexity index is 187. The fourth-order valence-electron chi connectivity index (χ4n) is 0.969. The average molecular weight is 196 g/mol. The second kappa shape index (κ2) is 7.81. The maximum absolute atomic E-state index is 9.07. The van der Waals surface area contributed by atoms with Crippen LogP contribution in [0.3, 0.4) is 0 Å². The van der Waals surface area contributed by atoms with E-state index in [0.717, 1.165) is 24.3 Å². The fourth-order valence-corrected chi connectivity index (χ4v) is 0.969. The van der Waals surface area contributed by atoms with Gasteiger partial charge >= 0.3 is 0 Å². The minimum absolute atomic E-state index is 0.255. The summed E-state index contributed by atoms with van der Waals surface area (Å²) in [6.45, 7) is 8.45. The molecule has 0 aromatic heterocycles. The van der Waals surface area contributed by atoms with Gasteiger partial charge in [-0.3, -0.25) is 0 Å². The molecule has 1 atom stereocenters. The summed E-state index contributed by atoms with van der Waals surface area (Å²) >= 11 is 0. The molecule has 1 aliphatic rings. The normalized spacial score (nSPS) is 17.1. The largest absolute Gasteiger partial charge is 0.389 e. The van der Waals surface area contributed by atoms with Gasteiger partial charge in [0.25, 0.3) is 0 Å². The number of hydrogen-bond donors (Lipinski definition) is 1. The van der Waals surface area contributed by atoms with Crippen molar-refractivity contribution in [2.45, 2.75) is 53.1 Å². The van der Waals surface area contributed by atoms with Crippen LogP contribution in [0, 0.1) is 5.92 Å². The summed E-state index contributed by atoms with van der Waals surface area (Å²) < 4.78 is 0. The van der Waals surface area contributed by atoms with E-state index in [1.165, 1.54) is 6.42 Å². The van der Waals surface area contributed by atoms with E-state index in [9.17, 15) is 0 Å². The lowest BCUT2D eigenvalue weighted by Gasteiger charge is -2.10. The van der Waals surface area contributed by atoms with Gasteiger partial charge in [-0.25, -0.2) is 0 Å². The van der Waals surface area contributed by atoms with Crippen LogP contribution < -0.4 is 0 Å². The first-order valence-electron chi connectivity index (χ1n) is 5.61. The highest BCUT2D eigenvalue weighted by molar-refractivity contribution is 5.19. The van der Waals surface area contributed by atoms with Gasteiger partial charge in [0.15, 0.2) is 0 Å². The predicted octanol–water partition coefficient (Wildman–Crippen LogP) is 3.70. The molecule has 1 N–H and O–H groups in total. The lowest BCUT2D eigenvalue weighted by atomic mass is 10.0. The van der Waals surface area contributed by atoms with Crippen molar-refractivity contribution in [3.8, 4) is 0 Å². The third-order valence-corrected chi connectivity index (χ3v) is 2.40. The second-order valence-electron chi connectivity index (χ2n) is 4.19. The number of allylic oxidation sites excluding steroid dienone is 3. The maximum Gasteiger partial charge on any atom is 0.0725 e. The Balaban J connectivity index is 0.000000292. The molecule has 14 heavy (non-hydrogen) atoms. The van der Waals surface area contributed by atoms with Crippen LogP contribution in [-0.4, -0.2) is 11.2 Å². The van der Waals surface area contributed by atoms with E-state index in [-0.39, 0.29) is 6.10 Å². The Kier molecular flexibility index (Phi) is 7.50. The summed E-state index contributed by atoms with van der Waals surface area (Å²) in [6.07, 6.45) is 9.27. The Morgan fingerprint density at radius 2 is 1.93 bits per heavy atom. The van der Waals surface area contributed by atoms with Crippen molar-refractivity contribution in [2.24, 2.45) is 5.92 Å². The topological polar surface area (TPSA) is 20.2 Å². The molecule has 0 aromatic carbocycles. The van der Waals surface area contributed by atoms with Crippen LogP contribution in [0.1, 0.15) is 47.0 Å². The second-order valence-corrected chi connectivity index (χ2v) is 4.19. The number of hydrogen-bond acceptors (Lipinski definition) is 1. The number of aliphatic hydroxyl groups excluding tert-OH is 1. The van der Waals surface area contributed by atoms with Crippen LogP contribution in [0.5, 0.6) is 0 Å². The average Bonchev–Trinajstić information content (AvgIpc) is 2.20. The van der Waals surface area contributed by atoms with Crippen molar-refractivity contribution >= 4 is 0 Å². The molecule has 1 nitrogen and oxygen atoms in total.